The number of carbonyl (C=O) groups is 1. The molecule has 4 rings (SSSR count). The molecule has 0 radical (unpaired) electrons. The van der Waals surface area contributed by atoms with Crippen LogP contribution in [0.4, 0.5) is 5.69 Å². The average Bonchev–Trinajstić information content (AvgIpc) is 3.27. The zero-order valence-electron chi connectivity index (χ0n) is 21.0. The molecule has 1 N–H and O–H groups in total. The fourth-order valence-electron chi connectivity index (χ4n) is 4.36. The Balaban J connectivity index is 1.34. The predicted molar refractivity (Wildman–Crippen MR) is 136 cm³/mol. The molecule has 2 aromatic carbocycles. The van der Waals surface area contributed by atoms with Gasteiger partial charge < -0.3 is 9.84 Å². The lowest BCUT2D eigenvalue weighted by molar-refractivity contribution is -0.121. The summed E-state index contributed by atoms with van der Waals surface area (Å²) in [5.74, 6) is 1.69. The van der Waals surface area contributed by atoms with E-state index in [2.05, 4.69) is 79.2 Å². The van der Waals surface area contributed by atoms with Crippen LogP contribution in [0.5, 0.6) is 0 Å². The van der Waals surface area contributed by atoms with Crippen LogP contribution in [0.15, 0.2) is 53.1 Å². The molecule has 0 saturated carbocycles. The van der Waals surface area contributed by atoms with Crippen molar-refractivity contribution in [2.75, 3.05) is 18.4 Å². The van der Waals surface area contributed by atoms with Crippen molar-refractivity contribution in [3.05, 3.63) is 65.5 Å². The van der Waals surface area contributed by atoms with Gasteiger partial charge in [-0.15, -0.1) is 0 Å². The van der Waals surface area contributed by atoms with E-state index in [1.54, 1.807) is 0 Å². The smallest absolute Gasteiger partial charge is 0.241 e. The van der Waals surface area contributed by atoms with Crippen molar-refractivity contribution in [2.45, 2.75) is 65.3 Å². The van der Waals surface area contributed by atoms with Gasteiger partial charge in [0, 0.05) is 17.8 Å². The van der Waals surface area contributed by atoms with Gasteiger partial charge in [-0.1, -0.05) is 76.2 Å². The summed E-state index contributed by atoms with van der Waals surface area (Å²) in [5.41, 5.74) is 4.45. The third kappa shape index (κ3) is 5.92. The Morgan fingerprint density at radius 1 is 1.12 bits per heavy atom. The minimum absolute atomic E-state index is 0.0501. The van der Waals surface area contributed by atoms with E-state index in [0.717, 1.165) is 30.6 Å². The lowest BCUT2D eigenvalue weighted by Gasteiger charge is -2.30. The van der Waals surface area contributed by atoms with Gasteiger partial charge in [0.1, 0.15) is 0 Å². The van der Waals surface area contributed by atoms with E-state index in [-0.39, 0.29) is 17.2 Å². The molecule has 2 heterocycles. The Kier molecular flexibility index (Phi) is 7.17. The molecule has 6 nitrogen and oxygen atoms in total. The van der Waals surface area contributed by atoms with Crippen LogP contribution in [-0.2, 0) is 16.8 Å². The van der Waals surface area contributed by atoms with Gasteiger partial charge in [-0.3, -0.25) is 9.69 Å². The third-order valence-electron chi connectivity index (χ3n) is 6.56. The second-order valence-corrected chi connectivity index (χ2v) is 10.7. The van der Waals surface area contributed by atoms with Crippen molar-refractivity contribution in [2.24, 2.45) is 5.92 Å². The zero-order valence-corrected chi connectivity index (χ0v) is 21.0. The molecular weight excluding hydrogens is 424 g/mol. The van der Waals surface area contributed by atoms with Gasteiger partial charge in [0.05, 0.1) is 12.5 Å². The van der Waals surface area contributed by atoms with Gasteiger partial charge in [0.2, 0.25) is 17.6 Å². The Hall–Kier alpha value is -2.99. The van der Waals surface area contributed by atoms with E-state index < -0.39 is 0 Å². The van der Waals surface area contributed by atoms with Crippen molar-refractivity contribution >= 4 is 11.6 Å². The van der Waals surface area contributed by atoms with Gasteiger partial charge in [-0.05, 0) is 54.0 Å². The number of aromatic nitrogens is 2. The quantitative estimate of drug-likeness (QED) is 0.488. The minimum Gasteiger partial charge on any atom is -0.338 e. The maximum Gasteiger partial charge on any atom is 0.241 e. The minimum atomic E-state index is -0.0501. The highest BCUT2D eigenvalue weighted by molar-refractivity contribution is 5.92. The Labute approximate surface area is 202 Å². The Bertz CT molecular complexity index is 1090. The lowest BCUT2D eigenvalue weighted by Crippen LogP contribution is -2.40. The molecule has 0 spiro atoms. The standard InChI is InChI=1S/C28H36N4O2/c1-19(2)20-10-14-24(15-11-20)29-27(33)22-7-6-16-32(17-22)18-25-30-26(31-34-25)21-8-12-23(13-9-21)28(3,4)5/h8-15,19,22H,6-7,16-18H2,1-5H3,(H,29,33). The van der Waals surface area contributed by atoms with E-state index in [0.29, 0.717) is 30.7 Å². The van der Waals surface area contributed by atoms with Crippen LogP contribution in [0, 0.1) is 5.92 Å². The van der Waals surface area contributed by atoms with E-state index >= 15 is 0 Å². The topological polar surface area (TPSA) is 71.3 Å². The number of amides is 1. The zero-order chi connectivity index (χ0) is 24.3. The van der Waals surface area contributed by atoms with Crippen molar-refractivity contribution in [3.8, 4) is 11.4 Å². The van der Waals surface area contributed by atoms with Gasteiger partial charge >= 0.3 is 0 Å². The number of nitrogens with zero attached hydrogens (tertiary/aromatic N) is 3. The number of benzene rings is 2. The van der Waals surface area contributed by atoms with Crippen LogP contribution in [0.2, 0.25) is 0 Å². The van der Waals surface area contributed by atoms with Crippen molar-refractivity contribution < 1.29 is 9.32 Å². The summed E-state index contributed by atoms with van der Waals surface area (Å²) in [4.78, 5) is 19.7. The first-order chi connectivity index (χ1) is 16.2. The maximum absolute atomic E-state index is 12.9. The molecule has 34 heavy (non-hydrogen) atoms. The summed E-state index contributed by atoms with van der Waals surface area (Å²) in [7, 11) is 0. The number of carbonyl (C=O) groups excluding carboxylic acids is 1. The van der Waals surface area contributed by atoms with Gasteiger partial charge in [0.25, 0.3) is 0 Å². The van der Waals surface area contributed by atoms with Crippen LogP contribution in [0.25, 0.3) is 11.4 Å². The van der Waals surface area contributed by atoms with Crippen molar-refractivity contribution in [3.63, 3.8) is 0 Å². The summed E-state index contributed by atoms with van der Waals surface area (Å²) in [5, 5.41) is 7.27. The average molecular weight is 461 g/mol. The van der Waals surface area contributed by atoms with Crippen LogP contribution in [-0.4, -0.2) is 34.0 Å². The third-order valence-corrected chi connectivity index (χ3v) is 6.56. The van der Waals surface area contributed by atoms with E-state index in [4.69, 9.17) is 4.52 Å². The molecule has 6 heteroatoms. The largest absolute Gasteiger partial charge is 0.338 e. The number of hydrogen-bond donors (Lipinski definition) is 1. The van der Waals surface area contributed by atoms with E-state index in [1.807, 2.05) is 24.3 Å². The first-order valence-electron chi connectivity index (χ1n) is 12.3. The number of anilines is 1. The summed E-state index contributed by atoms with van der Waals surface area (Å²) < 4.78 is 5.54. The molecule has 1 unspecified atom stereocenters. The summed E-state index contributed by atoms with van der Waals surface area (Å²) in [6.07, 6.45) is 1.86. The summed E-state index contributed by atoms with van der Waals surface area (Å²) in [6.45, 7) is 13.1. The Morgan fingerprint density at radius 2 is 1.82 bits per heavy atom. The molecule has 3 aromatic rings. The molecule has 0 bridgehead atoms. The van der Waals surface area contributed by atoms with E-state index in [9.17, 15) is 4.79 Å². The molecule has 1 amide bonds. The molecule has 1 aliphatic rings. The molecule has 1 aliphatic heterocycles. The highest BCUT2D eigenvalue weighted by Crippen LogP contribution is 2.26. The fourth-order valence-corrected chi connectivity index (χ4v) is 4.36. The Morgan fingerprint density at radius 3 is 2.47 bits per heavy atom. The summed E-state index contributed by atoms with van der Waals surface area (Å²) >= 11 is 0. The van der Waals surface area contributed by atoms with Crippen LogP contribution >= 0.6 is 0 Å². The summed E-state index contributed by atoms with van der Waals surface area (Å²) in [6, 6.07) is 16.5. The SMILES string of the molecule is CC(C)c1ccc(NC(=O)C2CCCN(Cc3nc(-c4ccc(C(C)(C)C)cc4)no3)C2)cc1. The van der Waals surface area contributed by atoms with Crippen LogP contribution in [0.1, 0.15) is 70.4 Å². The number of nitrogens with one attached hydrogen (secondary N) is 1. The number of piperidine rings is 1. The monoisotopic (exact) mass is 460 g/mol. The number of rotatable bonds is 6. The van der Waals surface area contributed by atoms with Gasteiger partial charge in [-0.25, -0.2) is 0 Å². The first-order valence-corrected chi connectivity index (χ1v) is 12.3. The molecule has 1 fully saturated rings. The van der Waals surface area contributed by atoms with Crippen molar-refractivity contribution in [1.29, 1.82) is 0 Å². The normalized spacial score (nSPS) is 17.2. The second kappa shape index (κ2) is 10.1. The second-order valence-electron chi connectivity index (χ2n) is 10.7. The van der Waals surface area contributed by atoms with Gasteiger partial charge in [0.15, 0.2) is 0 Å². The first kappa shape index (κ1) is 24.1. The number of hydrogen-bond acceptors (Lipinski definition) is 5. The molecule has 180 valence electrons. The highest BCUT2D eigenvalue weighted by Gasteiger charge is 2.27. The molecule has 1 saturated heterocycles. The predicted octanol–water partition coefficient (Wildman–Crippen LogP) is 6.01. The van der Waals surface area contributed by atoms with E-state index in [1.165, 1.54) is 11.1 Å². The molecular formula is C28H36N4O2. The highest BCUT2D eigenvalue weighted by atomic mass is 16.5. The van der Waals surface area contributed by atoms with Gasteiger partial charge in [-0.2, -0.15) is 4.98 Å². The van der Waals surface area contributed by atoms with Crippen LogP contribution in [0.3, 0.4) is 0 Å². The fraction of sp³-hybridized carbons (Fsp3) is 0.464. The molecule has 0 aliphatic carbocycles. The van der Waals surface area contributed by atoms with Crippen LogP contribution < -0.4 is 5.32 Å². The molecule has 1 atom stereocenters. The van der Waals surface area contributed by atoms with Crippen molar-refractivity contribution in [1.82, 2.24) is 15.0 Å². The lowest BCUT2D eigenvalue weighted by atomic mass is 9.87. The molecule has 1 aromatic heterocycles. The maximum atomic E-state index is 12.9. The number of likely N-dealkylation sites (tertiary alicyclic amines) is 1.